The Kier molecular flexibility index (Phi) is 5.73. The van der Waals surface area contributed by atoms with Crippen LogP contribution in [-0.4, -0.2) is 55.1 Å². The SMILES string of the molecule is COCCN(CCC(=O)OC)c1n[nH]c(=O)[nH]c1=O. The molecular weight excluding hydrogens is 256 g/mol. The molecule has 0 aliphatic carbocycles. The maximum atomic E-state index is 11.6. The molecule has 0 unspecified atom stereocenters. The molecule has 0 bridgehead atoms. The highest BCUT2D eigenvalue weighted by molar-refractivity contribution is 5.69. The molecule has 106 valence electrons. The van der Waals surface area contributed by atoms with Crippen LogP contribution in [0.5, 0.6) is 0 Å². The first-order valence-corrected chi connectivity index (χ1v) is 5.58. The van der Waals surface area contributed by atoms with Crippen LogP contribution in [0, 0.1) is 0 Å². The van der Waals surface area contributed by atoms with Crippen molar-refractivity contribution in [1.82, 2.24) is 15.2 Å². The summed E-state index contributed by atoms with van der Waals surface area (Å²) < 4.78 is 9.45. The molecular formula is C10H16N4O5. The largest absolute Gasteiger partial charge is 0.469 e. The van der Waals surface area contributed by atoms with Crippen molar-refractivity contribution in [3.8, 4) is 0 Å². The Labute approximate surface area is 108 Å². The Morgan fingerprint density at radius 3 is 2.63 bits per heavy atom. The molecule has 0 saturated carbocycles. The highest BCUT2D eigenvalue weighted by atomic mass is 16.5. The van der Waals surface area contributed by atoms with Crippen LogP contribution >= 0.6 is 0 Å². The highest BCUT2D eigenvalue weighted by Crippen LogP contribution is 2.02. The maximum absolute atomic E-state index is 11.6. The number of rotatable bonds is 7. The lowest BCUT2D eigenvalue weighted by Gasteiger charge is -2.21. The Hall–Kier alpha value is -2.16. The zero-order chi connectivity index (χ0) is 14.3. The molecule has 1 heterocycles. The van der Waals surface area contributed by atoms with Crippen LogP contribution in [0.1, 0.15) is 6.42 Å². The van der Waals surface area contributed by atoms with Crippen molar-refractivity contribution in [2.45, 2.75) is 6.42 Å². The molecule has 1 rings (SSSR count). The Morgan fingerprint density at radius 1 is 1.32 bits per heavy atom. The van der Waals surface area contributed by atoms with E-state index in [1.165, 1.54) is 19.1 Å². The number of H-pyrrole nitrogens is 2. The molecule has 0 radical (unpaired) electrons. The molecule has 2 N–H and O–H groups in total. The van der Waals surface area contributed by atoms with Gasteiger partial charge in [-0.1, -0.05) is 0 Å². The topological polar surface area (TPSA) is 117 Å². The molecule has 1 aromatic heterocycles. The lowest BCUT2D eigenvalue weighted by Crippen LogP contribution is -2.37. The number of aromatic amines is 2. The molecule has 0 atom stereocenters. The number of hydrogen-bond acceptors (Lipinski definition) is 7. The van der Waals surface area contributed by atoms with E-state index < -0.39 is 17.2 Å². The first kappa shape index (κ1) is 14.9. The first-order valence-electron chi connectivity index (χ1n) is 5.58. The number of aromatic nitrogens is 3. The van der Waals surface area contributed by atoms with Crippen molar-refractivity contribution in [2.75, 3.05) is 38.8 Å². The second kappa shape index (κ2) is 7.31. The number of anilines is 1. The quantitative estimate of drug-likeness (QED) is 0.578. The van der Waals surface area contributed by atoms with E-state index in [1.807, 2.05) is 0 Å². The second-order valence-electron chi connectivity index (χ2n) is 3.64. The molecule has 0 aliphatic heterocycles. The molecule has 0 aliphatic rings. The zero-order valence-electron chi connectivity index (χ0n) is 10.8. The molecule has 9 heteroatoms. The van der Waals surface area contributed by atoms with Gasteiger partial charge in [0.1, 0.15) is 0 Å². The third-order valence-electron chi connectivity index (χ3n) is 2.37. The van der Waals surface area contributed by atoms with Crippen LogP contribution in [-0.2, 0) is 14.3 Å². The van der Waals surface area contributed by atoms with Gasteiger partial charge in [0.25, 0.3) is 5.56 Å². The van der Waals surface area contributed by atoms with Crippen LogP contribution in [0.2, 0.25) is 0 Å². The number of hydrogen-bond donors (Lipinski definition) is 2. The minimum Gasteiger partial charge on any atom is -0.469 e. The van der Waals surface area contributed by atoms with Crippen molar-refractivity contribution in [1.29, 1.82) is 0 Å². The molecule has 1 aromatic rings. The first-order chi connectivity index (χ1) is 9.08. The van der Waals surface area contributed by atoms with E-state index in [2.05, 4.69) is 19.9 Å². The van der Waals surface area contributed by atoms with Gasteiger partial charge < -0.3 is 14.4 Å². The van der Waals surface area contributed by atoms with Gasteiger partial charge in [-0.05, 0) is 0 Å². The summed E-state index contributed by atoms with van der Waals surface area (Å²) in [5.74, 6) is -0.371. The number of carbonyl (C=O) groups is 1. The molecule has 0 amide bonds. The predicted octanol–water partition coefficient (Wildman–Crippen LogP) is -1.53. The van der Waals surface area contributed by atoms with Crippen molar-refractivity contribution >= 4 is 11.8 Å². The Morgan fingerprint density at radius 2 is 2.05 bits per heavy atom. The normalized spacial score (nSPS) is 10.2. The molecule has 0 saturated heterocycles. The number of nitrogens with zero attached hydrogens (tertiary/aromatic N) is 2. The van der Waals surface area contributed by atoms with Gasteiger partial charge in [0, 0.05) is 20.2 Å². The van der Waals surface area contributed by atoms with Crippen molar-refractivity contribution < 1.29 is 14.3 Å². The smallest absolute Gasteiger partial charge is 0.342 e. The number of esters is 1. The van der Waals surface area contributed by atoms with Crippen LogP contribution in [0.25, 0.3) is 0 Å². The third kappa shape index (κ3) is 4.54. The fraction of sp³-hybridized carbons (Fsp3) is 0.600. The Balaban J connectivity index is 2.85. The van der Waals surface area contributed by atoms with E-state index in [0.29, 0.717) is 13.2 Å². The van der Waals surface area contributed by atoms with Crippen LogP contribution in [0.15, 0.2) is 9.59 Å². The summed E-state index contributed by atoms with van der Waals surface area (Å²) in [4.78, 5) is 37.2. The van der Waals surface area contributed by atoms with Crippen molar-refractivity contribution in [3.63, 3.8) is 0 Å². The molecule has 0 fully saturated rings. The van der Waals surface area contributed by atoms with Crippen LogP contribution in [0.4, 0.5) is 5.82 Å². The average molecular weight is 272 g/mol. The summed E-state index contributed by atoms with van der Waals surface area (Å²) in [6.07, 6.45) is 0.0977. The van der Waals surface area contributed by atoms with Gasteiger partial charge in [0.05, 0.1) is 20.1 Å². The summed E-state index contributed by atoms with van der Waals surface area (Å²) in [6.45, 7) is 0.940. The van der Waals surface area contributed by atoms with Crippen LogP contribution < -0.4 is 16.1 Å². The second-order valence-corrected chi connectivity index (χ2v) is 3.64. The van der Waals surface area contributed by atoms with Crippen molar-refractivity contribution in [3.05, 3.63) is 20.8 Å². The summed E-state index contributed by atoms with van der Waals surface area (Å²) >= 11 is 0. The fourth-order valence-electron chi connectivity index (χ4n) is 1.41. The van der Waals surface area contributed by atoms with E-state index in [4.69, 9.17) is 4.74 Å². The van der Waals surface area contributed by atoms with E-state index in [1.54, 1.807) is 0 Å². The van der Waals surface area contributed by atoms with E-state index in [0.717, 1.165) is 0 Å². The minimum absolute atomic E-state index is 0.0283. The van der Waals surface area contributed by atoms with Gasteiger partial charge in [-0.3, -0.25) is 14.6 Å². The van der Waals surface area contributed by atoms with Crippen molar-refractivity contribution in [2.24, 2.45) is 0 Å². The minimum atomic E-state index is -0.687. The number of nitrogens with one attached hydrogen (secondary N) is 2. The lowest BCUT2D eigenvalue weighted by atomic mass is 10.3. The molecule has 9 nitrogen and oxygen atoms in total. The van der Waals surface area contributed by atoms with Gasteiger partial charge in [-0.15, -0.1) is 5.10 Å². The summed E-state index contributed by atoms with van der Waals surface area (Å²) in [5, 5.41) is 5.81. The fourth-order valence-corrected chi connectivity index (χ4v) is 1.41. The van der Waals surface area contributed by atoms with Gasteiger partial charge in [0.2, 0.25) is 5.82 Å². The number of methoxy groups -OCH3 is 2. The standard InChI is InChI=1S/C10H16N4O5/c1-18-6-5-14(4-3-7(15)19-2)8-9(16)11-10(17)13-12-8/h3-6H2,1-2H3,(H2,11,13,16,17). The van der Waals surface area contributed by atoms with Crippen LogP contribution in [0.3, 0.4) is 0 Å². The maximum Gasteiger partial charge on any atom is 0.342 e. The highest BCUT2D eigenvalue weighted by Gasteiger charge is 2.14. The number of carbonyl (C=O) groups excluding carboxylic acids is 1. The number of ether oxygens (including phenoxy) is 2. The zero-order valence-corrected chi connectivity index (χ0v) is 10.8. The Bertz CT molecular complexity index is 523. The van der Waals surface area contributed by atoms with E-state index >= 15 is 0 Å². The van der Waals surface area contributed by atoms with Gasteiger partial charge in [-0.25, -0.2) is 9.89 Å². The summed E-state index contributed by atoms with van der Waals surface area (Å²) in [6, 6.07) is 0. The monoisotopic (exact) mass is 272 g/mol. The summed E-state index contributed by atoms with van der Waals surface area (Å²) in [5.41, 5.74) is -1.31. The van der Waals surface area contributed by atoms with Gasteiger partial charge in [-0.2, -0.15) is 0 Å². The van der Waals surface area contributed by atoms with E-state index in [-0.39, 0.29) is 18.8 Å². The molecule has 0 aromatic carbocycles. The lowest BCUT2D eigenvalue weighted by molar-refractivity contribution is -0.140. The molecule has 0 spiro atoms. The third-order valence-corrected chi connectivity index (χ3v) is 2.37. The van der Waals surface area contributed by atoms with E-state index in [9.17, 15) is 14.4 Å². The predicted molar refractivity (Wildman–Crippen MR) is 66.2 cm³/mol. The summed E-state index contributed by atoms with van der Waals surface area (Å²) in [7, 11) is 2.80. The van der Waals surface area contributed by atoms with Gasteiger partial charge >= 0.3 is 11.7 Å². The molecule has 19 heavy (non-hydrogen) atoms. The average Bonchev–Trinajstić information content (AvgIpc) is 2.39. The van der Waals surface area contributed by atoms with Gasteiger partial charge in [0.15, 0.2) is 0 Å².